The van der Waals surface area contributed by atoms with Crippen LogP contribution in [0.25, 0.3) is 10.9 Å². The highest BCUT2D eigenvalue weighted by Crippen LogP contribution is 2.38. The summed E-state index contributed by atoms with van der Waals surface area (Å²) in [5.74, 6) is 0.565. The smallest absolute Gasteiger partial charge is 0.168 e. The van der Waals surface area contributed by atoms with Crippen LogP contribution in [-0.4, -0.2) is 46.5 Å². The molecule has 3 heterocycles. The number of nitrogens with zero attached hydrogens (tertiary/aromatic N) is 3. The number of ether oxygens (including phenoxy) is 3. The lowest BCUT2D eigenvalue weighted by Gasteiger charge is -2.40. The highest BCUT2D eigenvalue weighted by Gasteiger charge is 2.41. The molecule has 6 nitrogen and oxygen atoms in total. The molecule has 2 aromatic heterocycles. The fraction of sp³-hybridized carbons (Fsp3) is 0.500. The number of rotatable bonds is 7. The van der Waals surface area contributed by atoms with E-state index in [0.29, 0.717) is 12.6 Å². The van der Waals surface area contributed by atoms with E-state index in [1.165, 1.54) is 4.88 Å². The van der Waals surface area contributed by atoms with Gasteiger partial charge < -0.3 is 14.2 Å². The Balaban J connectivity index is 1.33. The van der Waals surface area contributed by atoms with E-state index in [9.17, 15) is 0 Å². The number of thiazole rings is 1. The maximum absolute atomic E-state index is 5.94. The van der Waals surface area contributed by atoms with Gasteiger partial charge in [-0.2, -0.15) is 0 Å². The van der Waals surface area contributed by atoms with Gasteiger partial charge in [-0.3, -0.25) is 14.9 Å². The van der Waals surface area contributed by atoms with E-state index in [0.717, 1.165) is 74.3 Å². The summed E-state index contributed by atoms with van der Waals surface area (Å²) in [6, 6.07) is 10.9. The van der Waals surface area contributed by atoms with Crippen molar-refractivity contribution < 1.29 is 14.2 Å². The van der Waals surface area contributed by atoms with Crippen molar-refractivity contribution >= 4 is 22.2 Å². The first-order valence-electron chi connectivity index (χ1n) is 11.1. The van der Waals surface area contributed by atoms with Crippen LogP contribution in [0.5, 0.6) is 5.75 Å². The minimum Gasteiger partial charge on any atom is -0.494 e. The van der Waals surface area contributed by atoms with Crippen molar-refractivity contribution in [3.05, 3.63) is 52.6 Å². The van der Waals surface area contributed by atoms with Crippen LogP contribution in [0.2, 0.25) is 0 Å². The third-order valence-electron chi connectivity index (χ3n) is 6.28. The van der Waals surface area contributed by atoms with Crippen LogP contribution >= 0.6 is 11.3 Å². The predicted octanol–water partition coefficient (Wildman–Crippen LogP) is 4.78. The molecule has 0 amide bonds. The summed E-state index contributed by atoms with van der Waals surface area (Å²) < 4.78 is 17.5. The van der Waals surface area contributed by atoms with Crippen LogP contribution in [0.15, 0.2) is 42.0 Å². The molecule has 0 unspecified atom stereocenters. The molecule has 1 aliphatic carbocycles. The monoisotopic (exact) mass is 439 g/mol. The van der Waals surface area contributed by atoms with Crippen molar-refractivity contribution in [3.63, 3.8) is 0 Å². The van der Waals surface area contributed by atoms with Crippen molar-refractivity contribution in [2.75, 3.05) is 19.8 Å². The second kappa shape index (κ2) is 9.20. The highest BCUT2D eigenvalue weighted by atomic mass is 32.1. The molecular formula is C24H29N3O3S. The summed E-state index contributed by atoms with van der Waals surface area (Å²) in [5.41, 5.74) is 4.01. The van der Waals surface area contributed by atoms with Gasteiger partial charge in [-0.15, -0.1) is 11.3 Å². The molecule has 0 radical (unpaired) electrons. The van der Waals surface area contributed by atoms with Gasteiger partial charge in [0, 0.05) is 48.4 Å². The highest BCUT2D eigenvalue weighted by molar-refractivity contribution is 7.09. The summed E-state index contributed by atoms with van der Waals surface area (Å²) in [5, 5.41) is 1.11. The number of pyridine rings is 1. The third-order valence-corrected chi connectivity index (χ3v) is 7.05. The van der Waals surface area contributed by atoms with Gasteiger partial charge in [0.15, 0.2) is 5.79 Å². The van der Waals surface area contributed by atoms with Gasteiger partial charge in [-0.05, 0) is 44.0 Å². The number of hydrogen-bond donors (Lipinski definition) is 0. The van der Waals surface area contributed by atoms with E-state index in [1.54, 1.807) is 11.3 Å². The zero-order valence-corrected chi connectivity index (χ0v) is 18.8. The standard InChI is InChI=1S/C24H29N3O3S/c1-2-28-21-5-6-23-18(13-21)3-4-19(26-23)15-27(16-22-14-25-17-31-22)20-7-9-24(10-8-20)29-11-12-30-24/h3-6,13-14,17,20H,2,7-12,15-16H2,1H3. The summed E-state index contributed by atoms with van der Waals surface area (Å²) in [4.78, 5) is 13.1. The van der Waals surface area contributed by atoms with E-state index in [1.807, 2.05) is 24.7 Å². The lowest BCUT2D eigenvalue weighted by Crippen LogP contribution is -2.43. The molecule has 3 aromatic rings. The average Bonchev–Trinajstić information content (AvgIpc) is 3.47. The average molecular weight is 440 g/mol. The number of fused-ring (bicyclic) bond motifs is 1. The second-order valence-electron chi connectivity index (χ2n) is 8.30. The van der Waals surface area contributed by atoms with Crippen LogP contribution in [-0.2, 0) is 22.6 Å². The molecule has 7 heteroatoms. The largest absolute Gasteiger partial charge is 0.494 e. The van der Waals surface area contributed by atoms with Gasteiger partial charge in [0.05, 0.1) is 36.5 Å². The third kappa shape index (κ3) is 4.75. The molecule has 1 saturated heterocycles. The van der Waals surface area contributed by atoms with Gasteiger partial charge >= 0.3 is 0 Å². The maximum Gasteiger partial charge on any atom is 0.168 e. The van der Waals surface area contributed by atoms with Crippen molar-refractivity contribution in [2.24, 2.45) is 0 Å². The number of hydrogen-bond acceptors (Lipinski definition) is 7. The molecule has 0 bridgehead atoms. The van der Waals surface area contributed by atoms with Gasteiger partial charge in [0.1, 0.15) is 5.75 Å². The first-order chi connectivity index (χ1) is 15.2. The normalized spacial score (nSPS) is 18.9. The van der Waals surface area contributed by atoms with Crippen LogP contribution < -0.4 is 4.74 Å². The fourth-order valence-corrected chi connectivity index (χ4v) is 5.35. The molecule has 2 fully saturated rings. The fourth-order valence-electron chi connectivity index (χ4n) is 4.73. The van der Waals surface area contributed by atoms with Gasteiger partial charge in [0.2, 0.25) is 0 Å². The molecule has 1 aliphatic heterocycles. The van der Waals surface area contributed by atoms with E-state index in [2.05, 4.69) is 34.1 Å². The van der Waals surface area contributed by atoms with Gasteiger partial charge in [0.25, 0.3) is 0 Å². The molecule has 1 spiro atoms. The Kier molecular flexibility index (Phi) is 6.18. The first kappa shape index (κ1) is 20.8. The van der Waals surface area contributed by atoms with Crippen molar-refractivity contribution in [3.8, 4) is 5.75 Å². The lowest BCUT2D eigenvalue weighted by atomic mass is 9.89. The Bertz CT molecular complexity index is 994. The lowest BCUT2D eigenvalue weighted by molar-refractivity contribution is -0.184. The minimum absolute atomic E-state index is 0.327. The van der Waals surface area contributed by atoms with Crippen molar-refractivity contribution in [2.45, 2.75) is 57.5 Å². The second-order valence-corrected chi connectivity index (χ2v) is 9.27. The van der Waals surface area contributed by atoms with E-state index >= 15 is 0 Å². The Labute approximate surface area is 187 Å². The minimum atomic E-state index is -0.327. The maximum atomic E-state index is 5.94. The first-order valence-corrected chi connectivity index (χ1v) is 12.0. The van der Waals surface area contributed by atoms with Crippen LogP contribution in [0, 0.1) is 0 Å². The molecular weight excluding hydrogens is 410 g/mol. The summed E-state index contributed by atoms with van der Waals surface area (Å²) in [6.45, 7) is 5.83. The Morgan fingerprint density at radius 1 is 1.13 bits per heavy atom. The zero-order chi connectivity index (χ0) is 21.1. The summed E-state index contributed by atoms with van der Waals surface area (Å²) >= 11 is 1.72. The molecule has 5 rings (SSSR count). The zero-order valence-electron chi connectivity index (χ0n) is 18.0. The van der Waals surface area contributed by atoms with Crippen molar-refractivity contribution in [1.29, 1.82) is 0 Å². The number of aromatic nitrogens is 2. The van der Waals surface area contributed by atoms with Crippen LogP contribution in [0.4, 0.5) is 0 Å². The molecule has 1 aromatic carbocycles. The van der Waals surface area contributed by atoms with E-state index in [-0.39, 0.29) is 5.79 Å². The molecule has 1 saturated carbocycles. The summed E-state index contributed by atoms with van der Waals surface area (Å²) in [7, 11) is 0. The van der Waals surface area contributed by atoms with Gasteiger partial charge in [-0.25, -0.2) is 0 Å². The van der Waals surface area contributed by atoms with Crippen LogP contribution in [0.1, 0.15) is 43.2 Å². The topological polar surface area (TPSA) is 56.7 Å². The van der Waals surface area contributed by atoms with E-state index in [4.69, 9.17) is 19.2 Å². The van der Waals surface area contributed by atoms with Crippen molar-refractivity contribution in [1.82, 2.24) is 14.9 Å². The van der Waals surface area contributed by atoms with E-state index < -0.39 is 0 Å². The Hall–Kier alpha value is -2.06. The van der Waals surface area contributed by atoms with Gasteiger partial charge in [-0.1, -0.05) is 6.07 Å². The quantitative estimate of drug-likeness (QED) is 0.528. The Morgan fingerprint density at radius 2 is 1.97 bits per heavy atom. The predicted molar refractivity (Wildman–Crippen MR) is 121 cm³/mol. The molecule has 31 heavy (non-hydrogen) atoms. The van der Waals surface area contributed by atoms with Crippen LogP contribution in [0.3, 0.4) is 0 Å². The molecule has 2 aliphatic rings. The Morgan fingerprint density at radius 3 is 2.71 bits per heavy atom. The summed E-state index contributed by atoms with van der Waals surface area (Å²) in [6.07, 6.45) is 6.05. The molecule has 0 atom stereocenters. The SMILES string of the molecule is CCOc1ccc2nc(CN(Cc3cncs3)C3CCC4(CC3)OCCO4)ccc2c1. The molecule has 0 N–H and O–H groups in total. The number of benzene rings is 1. The molecule has 164 valence electrons.